The molecular formula is C18H18ClNO. The Morgan fingerprint density at radius 1 is 1.10 bits per heavy atom. The largest absolute Gasteiger partial charge is 0.359 e. The van der Waals surface area contributed by atoms with E-state index in [1.54, 1.807) is 30.3 Å². The Kier molecular flexibility index (Phi) is 4.81. The highest BCUT2D eigenvalue weighted by molar-refractivity contribution is 6.30. The van der Waals surface area contributed by atoms with Crippen molar-refractivity contribution >= 4 is 23.1 Å². The minimum atomic E-state index is -0.0398. The number of aryl methyl sites for hydroxylation is 1. The van der Waals surface area contributed by atoms with Gasteiger partial charge in [-0.25, -0.2) is 0 Å². The second kappa shape index (κ2) is 6.59. The predicted molar refractivity (Wildman–Crippen MR) is 89.1 cm³/mol. The van der Waals surface area contributed by atoms with Gasteiger partial charge in [0.2, 0.25) is 0 Å². The monoisotopic (exact) mass is 299 g/mol. The van der Waals surface area contributed by atoms with Crippen LogP contribution in [0.15, 0.2) is 54.2 Å². The summed E-state index contributed by atoms with van der Waals surface area (Å²) in [6.07, 6.45) is 1.60. The first-order valence-corrected chi connectivity index (χ1v) is 7.16. The summed E-state index contributed by atoms with van der Waals surface area (Å²) in [6.45, 7) is 6.01. The molecule has 3 heteroatoms. The van der Waals surface area contributed by atoms with Gasteiger partial charge in [-0.2, -0.15) is 0 Å². The summed E-state index contributed by atoms with van der Waals surface area (Å²) in [7, 11) is 0. The van der Waals surface area contributed by atoms with E-state index in [0.717, 1.165) is 11.4 Å². The molecule has 0 atom stereocenters. The fourth-order valence-corrected chi connectivity index (χ4v) is 2.16. The van der Waals surface area contributed by atoms with E-state index in [2.05, 4.69) is 25.2 Å². The Morgan fingerprint density at radius 2 is 1.76 bits per heavy atom. The van der Waals surface area contributed by atoms with Gasteiger partial charge in [-0.15, -0.1) is 0 Å². The van der Waals surface area contributed by atoms with Gasteiger partial charge in [0.25, 0.3) is 0 Å². The topological polar surface area (TPSA) is 29.1 Å². The van der Waals surface area contributed by atoms with Gasteiger partial charge >= 0.3 is 0 Å². The molecular weight excluding hydrogens is 282 g/mol. The maximum absolute atomic E-state index is 12.1. The van der Waals surface area contributed by atoms with Crippen LogP contribution in [-0.4, -0.2) is 5.78 Å². The average Bonchev–Trinajstić information content (AvgIpc) is 2.44. The van der Waals surface area contributed by atoms with Crippen LogP contribution >= 0.6 is 11.6 Å². The number of carbonyl (C=O) groups excluding carboxylic acids is 1. The van der Waals surface area contributed by atoms with Crippen molar-refractivity contribution < 1.29 is 4.79 Å². The highest BCUT2D eigenvalue weighted by Gasteiger charge is 2.05. The van der Waals surface area contributed by atoms with Crippen molar-refractivity contribution in [3.8, 4) is 0 Å². The summed E-state index contributed by atoms with van der Waals surface area (Å²) in [5, 5.41) is 3.90. The van der Waals surface area contributed by atoms with Crippen LogP contribution in [0.25, 0.3) is 0 Å². The molecule has 0 bridgehead atoms. The number of hydrogen-bond donors (Lipinski definition) is 1. The van der Waals surface area contributed by atoms with Crippen molar-refractivity contribution in [2.24, 2.45) is 0 Å². The van der Waals surface area contributed by atoms with Gasteiger partial charge in [-0.1, -0.05) is 23.7 Å². The molecule has 0 aliphatic rings. The number of anilines is 1. The molecule has 2 aromatic carbocycles. The highest BCUT2D eigenvalue weighted by Crippen LogP contribution is 2.20. The lowest BCUT2D eigenvalue weighted by molar-refractivity contribution is 0.104. The molecule has 21 heavy (non-hydrogen) atoms. The third kappa shape index (κ3) is 3.96. The summed E-state index contributed by atoms with van der Waals surface area (Å²) in [6, 6.07) is 13.0. The van der Waals surface area contributed by atoms with Crippen molar-refractivity contribution in [1.29, 1.82) is 0 Å². The molecule has 108 valence electrons. The second-order valence-corrected chi connectivity index (χ2v) is 5.51. The van der Waals surface area contributed by atoms with E-state index >= 15 is 0 Å². The lowest BCUT2D eigenvalue weighted by atomic mass is 10.1. The van der Waals surface area contributed by atoms with Crippen molar-refractivity contribution in [3.63, 3.8) is 0 Å². The third-order valence-corrected chi connectivity index (χ3v) is 3.66. The first-order valence-electron chi connectivity index (χ1n) is 6.79. The number of carbonyl (C=O) groups is 1. The van der Waals surface area contributed by atoms with Crippen molar-refractivity contribution in [2.75, 3.05) is 5.32 Å². The van der Waals surface area contributed by atoms with Gasteiger partial charge in [-0.05, 0) is 62.2 Å². The smallest absolute Gasteiger partial charge is 0.187 e. The van der Waals surface area contributed by atoms with E-state index in [-0.39, 0.29) is 5.78 Å². The van der Waals surface area contributed by atoms with Crippen LogP contribution in [0.5, 0.6) is 0 Å². The first kappa shape index (κ1) is 15.3. The van der Waals surface area contributed by atoms with Gasteiger partial charge in [0.05, 0.1) is 0 Å². The fourth-order valence-electron chi connectivity index (χ4n) is 2.03. The zero-order valence-electron chi connectivity index (χ0n) is 12.4. The highest BCUT2D eigenvalue weighted by atomic mass is 35.5. The van der Waals surface area contributed by atoms with Gasteiger partial charge in [0.1, 0.15) is 0 Å². The van der Waals surface area contributed by atoms with Crippen LogP contribution in [-0.2, 0) is 0 Å². The molecule has 0 saturated heterocycles. The molecule has 0 aromatic heterocycles. The van der Waals surface area contributed by atoms with Crippen LogP contribution in [0.3, 0.4) is 0 Å². The van der Waals surface area contributed by atoms with Crippen molar-refractivity contribution in [1.82, 2.24) is 0 Å². The van der Waals surface area contributed by atoms with Crippen molar-refractivity contribution in [2.45, 2.75) is 20.8 Å². The molecule has 0 spiro atoms. The van der Waals surface area contributed by atoms with Crippen LogP contribution < -0.4 is 5.32 Å². The normalized spacial score (nSPS) is 11.3. The van der Waals surface area contributed by atoms with Crippen LogP contribution in [0.1, 0.15) is 28.4 Å². The molecule has 2 aromatic rings. The van der Waals surface area contributed by atoms with Crippen LogP contribution in [0.2, 0.25) is 5.02 Å². The summed E-state index contributed by atoms with van der Waals surface area (Å²) >= 11 is 5.82. The Hall–Kier alpha value is -2.06. The van der Waals surface area contributed by atoms with Gasteiger partial charge < -0.3 is 5.32 Å². The third-order valence-electron chi connectivity index (χ3n) is 3.41. The minimum Gasteiger partial charge on any atom is -0.359 e. The predicted octanol–water partition coefficient (Wildman–Crippen LogP) is 5.16. The standard InChI is InChI=1S/C18H18ClNO/c1-12-5-4-6-17(14(12)3)20-13(2)11-18(21)15-7-9-16(19)10-8-15/h4-11,20H,1-3H3/b13-11+. The molecule has 0 unspecified atom stereocenters. The Labute approximate surface area is 130 Å². The lowest BCUT2D eigenvalue weighted by Gasteiger charge is -2.11. The minimum absolute atomic E-state index is 0.0398. The van der Waals surface area contributed by atoms with Crippen molar-refractivity contribution in [3.05, 3.63) is 76.0 Å². The van der Waals surface area contributed by atoms with E-state index in [1.807, 2.05) is 19.1 Å². The van der Waals surface area contributed by atoms with E-state index in [9.17, 15) is 4.79 Å². The van der Waals surface area contributed by atoms with E-state index < -0.39 is 0 Å². The number of hydrogen-bond acceptors (Lipinski definition) is 2. The molecule has 0 saturated carbocycles. The zero-order valence-corrected chi connectivity index (χ0v) is 13.2. The first-order chi connectivity index (χ1) is 9.97. The molecule has 0 fully saturated rings. The fraction of sp³-hybridized carbons (Fsp3) is 0.167. The Balaban J connectivity index is 2.15. The van der Waals surface area contributed by atoms with E-state index in [4.69, 9.17) is 11.6 Å². The maximum Gasteiger partial charge on any atom is 0.187 e. The van der Waals surface area contributed by atoms with E-state index in [1.165, 1.54) is 11.1 Å². The number of halogens is 1. The number of ketones is 1. The molecule has 0 aliphatic heterocycles. The Bertz CT molecular complexity index is 687. The number of rotatable bonds is 4. The SMILES string of the molecule is C/C(=C\C(=O)c1ccc(Cl)cc1)Nc1cccc(C)c1C. The van der Waals surface area contributed by atoms with Crippen LogP contribution in [0, 0.1) is 13.8 Å². The number of allylic oxidation sites excluding steroid dienone is 2. The molecule has 0 amide bonds. The van der Waals surface area contributed by atoms with Gasteiger partial charge in [0, 0.05) is 28.0 Å². The molecule has 0 heterocycles. The number of benzene rings is 2. The van der Waals surface area contributed by atoms with Gasteiger partial charge in [0.15, 0.2) is 5.78 Å². The average molecular weight is 300 g/mol. The summed E-state index contributed by atoms with van der Waals surface area (Å²) in [5.41, 5.74) is 4.86. The zero-order chi connectivity index (χ0) is 15.4. The van der Waals surface area contributed by atoms with E-state index in [0.29, 0.717) is 10.6 Å². The molecule has 2 nitrogen and oxygen atoms in total. The summed E-state index contributed by atoms with van der Waals surface area (Å²) < 4.78 is 0. The second-order valence-electron chi connectivity index (χ2n) is 5.07. The number of nitrogens with one attached hydrogen (secondary N) is 1. The Morgan fingerprint density at radius 3 is 2.43 bits per heavy atom. The molecule has 0 radical (unpaired) electrons. The lowest BCUT2D eigenvalue weighted by Crippen LogP contribution is -2.03. The van der Waals surface area contributed by atoms with Crippen LogP contribution in [0.4, 0.5) is 5.69 Å². The summed E-state index contributed by atoms with van der Waals surface area (Å²) in [4.78, 5) is 12.1. The molecule has 1 N–H and O–H groups in total. The molecule has 0 aliphatic carbocycles. The van der Waals surface area contributed by atoms with Gasteiger partial charge in [-0.3, -0.25) is 4.79 Å². The molecule has 2 rings (SSSR count). The quantitative estimate of drug-likeness (QED) is 0.624. The summed E-state index contributed by atoms with van der Waals surface area (Å²) in [5.74, 6) is -0.0398. The maximum atomic E-state index is 12.1.